The Hall–Kier alpha value is -2.62. The fraction of sp³-hybridized carbons (Fsp3) is 0.300. The Morgan fingerprint density at radius 1 is 1.33 bits per heavy atom. The molecule has 8 nitrogen and oxygen atoms in total. The van der Waals surface area contributed by atoms with Gasteiger partial charge in [-0.25, -0.2) is 8.42 Å². The number of aromatic amines is 1. The molecule has 3 aromatic rings. The smallest absolute Gasteiger partial charge is 0.245 e. The Bertz CT molecular complexity index is 1220. The summed E-state index contributed by atoms with van der Waals surface area (Å²) in [5.74, 6) is 0.0913. The van der Waals surface area contributed by atoms with Gasteiger partial charge in [0.05, 0.1) is 23.8 Å². The van der Waals surface area contributed by atoms with E-state index in [1.165, 1.54) is 11.4 Å². The highest BCUT2D eigenvalue weighted by Gasteiger charge is 2.40. The Labute approximate surface area is 179 Å². The Morgan fingerprint density at radius 3 is 2.87 bits per heavy atom. The van der Waals surface area contributed by atoms with Gasteiger partial charge in [0.15, 0.2) is 0 Å². The van der Waals surface area contributed by atoms with E-state index in [0.717, 1.165) is 5.56 Å². The summed E-state index contributed by atoms with van der Waals surface area (Å²) in [6, 6.07) is 7.52. The van der Waals surface area contributed by atoms with Crippen LogP contribution in [-0.2, 0) is 14.8 Å². The molecular weight excluding hydrogens is 428 g/mol. The molecule has 1 saturated heterocycles. The summed E-state index contributed by atoms with van der Waals surface area (Å²) >= 11 is 6.12. The number of rotatable bonds is 5. The van der Waals surface area contributed by atoms with Gasteiger partial charge in [-0.15, -0.1) is 0 Å². The van der Waals surface area contributed by atoms with Crippen LogP contribution in [0.25, 0.3) is 10.9 Å². The standard InChI is InChI=1S/C20H21ClN4O4S/c1-12-8-13-11-22-24-19(13)18(9-12)30(27,28)25-7-3-4-16(25)20(26)23-14-5-6-17(29-2)15(21)10-14/h5-6,8-11,16H,3-4,7H2,1-2H3,(H,22,24)(H,23,26)/t16-/m0/s1. The molecule has 1 aliphatic rings. The lowest BCUT2D eigenvalue weighted by Gasteiger charge is -2.24. The molecule has 1 atom stereocenters. The molecule has 2 N–H and O–H groups in total. The second-order valence-electron chi connectivity index (χ2n) is 7.21. The van der Waals surface area contributed by atoms with Crippen molar-refractivity contribution in [3.8, 4) is 5.75 Å². The van der Waals surface area contributed by atoms with Crippen molar-refractivity contribution in [1.82, 2.24) is 14.5 Å². The lowest BCUT2D eigenvalue weighted by molar-refractivity contribution is -0.119. The monoisotopic (exact) mass is 448 g/mol. The predicted molar refractivity (Wildman–Crippen MR) is 114 cm³/mol. The van der Waals surface area contributed by atoms with Gasteiger partial charge in [-0.2, -0.15) is 9.40 Å². The van der Waals surface area contributed by atoms with E-state index in [9.17, 15) is 13.2 Å². The first-order valence-corrected chi connectivity index (χ1v) is 11.2. The molecule has 10 heteroatoms. The van der Waals surface area contributed by atoms with Crippen LogP contribution in [0.2, 0.25) is 5.02 Å². The number of methoxy groups -OCH3 is 1. The number of fused-ring (bicyclic) bond motifs is 1. The fourth-order valence-electron chi connectivity index (χ4n) is 3.76. The third-order valence-electron chi connectivity index (χ3n) is 5.17. The minimum atomic E-state index is -3.91. The van der Waals surface area contributed by atoms with Gasteiger partial charge in [-0.1, -0.05) is 11.6 Å². The highest BCUT2D eigenvalue weighted by Crippen LogP contribution is 2.32. The second-order valence-corrected chi connectivity index (χ2v) is 9.48. The van der Waals surface area contributed by atoms with Crippen LogP contribution in [0.1, 0.15) is 18.4 Å². The minimum absolute atomic E-state index is 0.127. The first-order valence-electron chi connectivity index (χ1n) is 9.41. The lowest BCUT2D eigenvalue weighted by atomic mass is 10.2. The van der Waals surface area contributed by atoms with Crippen molar-refractivity contribution in [3.05, 3.63) is 47.1 Å². The molecule has 1 aliphatic heterocycles. The predicted octanol–water partition coefficient (Wildman–Crippen LogP) is 3.33. The number of hydrogen-bond donors (Lipinski definition) is 2. The van der Waals surface area contributed by atoms with Crippen molar-refractivity contribution in [2.24, 2.45) is 0 Å². The first kappa shape index (κ1) is 20.6. The summed E-state index contributed by atoms with van der Waals surface area (Å²) in [7, 11) is -2.41. The normalized spacial score (nSPS) is 17.4. The molecule has 0 aliphatic carbocycles. The molecule has 1 amide bonds. The number of carbonyl (C=O) groups is 1. The van der Waals surface area contributed by atoms with E-state index >= 15 is 0 Å². The van der Waals surface area contributed by atoms with E-state index in [0.29, 0.717) is 40.2 Å². The van der Waals surface area contributed by atoms with Crippen LogP contribution in [0.5, 0.6) is 5.75 Å². The van der Waals surface area contributed by atoms with Crippen molar-refractivity contribution in [1.29, 1.82) is 0 Å². The van der Waals surface area contributed by atoms with E-state index in [1.54, 1.807) is 30.5 Å². The average molecular weight is 449 g/mol. The van der Waals surface area contributed by atoms with Crippen LogP contribution in [0.3, 0.4) is 0 Å². The third-order valence-corrected chi connectivity index (χ3v) is 7.40. The van der Waals surface area contributed by atoms with Crippen LogP contribution in [0.15, 0.2) is 41.4 Å². The molecule has 0 spiro atoms. The Morgan fingerprint density at radius 2 is 2.13 bits per heavy atom. The number of nitrogens with zero attached hydrogens (tertiary/aromatic N) is 2. The van der Waals surface area contributed by atoms with Crippen molar-refractivity contribution in [2.45, 2.75) is 30.7 Å². The molecule has 0 radical (unpaired) electrons. The molecule has 4 rings (SSSR count). The zero-order valence-electron chi connectivity index (χ0n) is 16.5. The van der Waals surface area contributed by atoms with Crippen LogP contribution >= 0.6 is 11.6 Å². The van der Waals surface area contributed by atoms with Gasteiger partial charge in [-0.05, 0) is 55.7 Å². The number of aryl methyl sites for hydroxylation is 1. The molecule has 1 fully saturated rings. The fourth-order valence-corrected chi connectivity index (χ4v) is 5.93. The molecule has 1 aromatic heterocycles. The maximum atomic E-state index is 13.5. The summed E-state index contributed by atoms with van der Waals surface area (Å²) in [5, 5.41) is 10.6. The van der Waals surface area contributed by atoms with Gasteiger partial charge in [-0.3, -0.25) is 9.89 Å². The zero-order valence-corrected chi connectivity index (χ0v) is 18.0. The lowest BCUT2D eigenvalue weighted by Crippen LogP contribution is -2.43. The molecule has 2 aromatic carbocycles. The van der Waals surface area contributed by atoms with Gasteiger partial charge in [0.2, 0.25) is 15.9 Å². The highest BCUT2D eigenvalue weighted by molar-refractivity contribution is 7.89. The maximum absolute atomic E-state index is 13.5. The molecule has 0 bridgehead atoms. The van der Waals surface area contributed by atoms with E-state index in [1.807, 2.05) is 13.0 Å². The number of sulfonamides is 1. The largest absolute Gasteiger partial charge is 0.495 e. The topological polar surface area (TPSA) is 104 Å². The van der Waals surface area contributed by atoms with E-state index < -0.39 is 22.0 Å². The van der Waals surface area contributed by atoms with Crippen molar-refractivity contribution in [2.75, 3.05) is 19.0 Å². The average Bonchev–Trinajstić information content (AvgIpc) is 3.37. The zero-order chi connectivity index (χ0) is 21.5. The number of hydrogen-bond acceptors (Lipinski definition) is 5. The van der Waals surface area contributed by atoms with Crippen LogP contribution in [-0.4, -0.2) is 48.5 Å². The van der Waals surface area contributed by atoms with Gasteiger partial charge in [0, 0.05) is 17.6 Å². The SMILES string of the molecule is COc1ccc(NC(=O)[C@@H]2CCCN2S(=O)(=O)c2cc(C)cc3cn[nH]c23)cc1Cl. The number of anilines is 1. The van der Waals surface area contributed by atoms with Crippen molar-refractivity contribution < 1.29 is 17.9 Å². The third kappa shape index (κ3) is 3.64. The number of amides is 1. The molecule has 158 valence electrons. The van der Waals surface area contributed by atoms with Gasteiger partial charge in [0.25, 0.3) is 0 Å². The van der Waals surface area contributed by atoms with Crippen LogP contribution in [0, 0.1) is 6.92 Å². The highest BCUT2D eigenvalue weighted by atomic mass is 35.5. The van der Waals surface area contributed by atoms with E-state index in [-0.39, 0.29) is 11.4 Å². The number of ether oxygens (including phenoxy) is 1. The van der Waals surface area contributed by atoms with Crippen molar-refractivity contribution >= 4 is 44.1 Å². The van der Waals surface area contributed by atoms with Crippen LogP contribution in [0.4, 0.5) is 5.69 Å². The molecule has 0 unspecified atom stereocenters. The summed E-state index contributed by atoms with van der Waals surface area (Å²) in [6.45, 7) is 2.10. The summed E-state index contributed by atoms with van der Waals surface area (Å²) in [5.41, 5.74) is 1.71. The molecule has 2 heterocycles. The number of carbonyl (C=O) groups excluding carboxylic acids is 1. The second kappa shape index (κ2) is 7.90. The van der Waals surface area contributed by atoms with Gasteiger partial charge < -0.3 is 10.1 Å². The number of aromatic nitrogens is 2. The number of benzene rings is 2. The van der Waals surface area contributed by atoms with Gasteiger partial charge >= 0.3 is 0 Å². The number of halogens is 1. The summed E-state index contributed by atoms with van der Waals surface area (Å²) in [4.78, 5) is 13.1. The number of nitrogens with one attached hydrogen (secondary N) is 2. The molecule has 30 heavy (non-hydrogen) atoms. The van der Waals surface area contributed by atoms with Crippen molar-refractivity contribution in [3.63, 3.8) is 0 Å². The minimum Gasteiger partial charge on any atom is -0.495 e. The number of H-pyrrole nitrogens is 1. The Balaban J connectivity index is 1.63. The molecule has 0 saturated carbocycles. The van der Waals surface area contributed by atoms with E-state index in [2.05, 4.69) is 15.5 Å². The summed E-state index contributed by atoms with van der Waals surface area (Å²) < 4.78 is 33.3. The Kier molecular flexibility index (Phi) is 5.44. The first-order chi connectivity index (χ1) is 14.3. The quantitative estimate of drug-likeness (QED) is 0.623. The van der Waals surface area contributed by atoms with Crippen LogP contribution < -0.4 is 10.1 Å². The van der Waals surface area contributed by atoms with E-state index in [4.69, 9.17) is 16.3 Å². The molecular formula is C20H21ClN4O4S. The maximum Gasteiger partial charge on any atom is 0.245 e. The summed E-state index contributed by atoms with van der Waals surface area (Å²) in [6.07, 6.45) is 2.62. The van der Waals surface area contributed by atoms with Gasteiger partial charge in [0.1, 0.15) is 16.7 Å².